The van der Waals surface area contributed by atoms with Crippen molar-refractivity contribution in [1.29, 1.82) is 0 Å². The zero-order chi connectivity index (χ0) is 14.1. The smallest absolute Gasteiger partial charge is 0.248 e. The average molecular weight is 254 g/mol. The van der Waals surface area contributed by atoms with Crippen molar-refractivity contribution in [2.24, 2.45) is 5.92 Å². The van der Waals surface area contributed by atoms with Crippen LogP contribution in [-0.4, -0.2) is 34.3 Å². The Balaban J connectivity index is 3.09. The molecule has 2 atom stereocenters. The van der Waals surface area contributed by atoms with Crippen molar-refractivity contribution in [2.75, 3.05) is 0 Å². The molecule has 1 heterocycles. The number of rotatable bonds is 4. The molecule has 104 valence electrons. The van der Waals surface area contributed by atoms with E-state index in [1.807, 2.05) is 20.8 Å². The molecule has 1 aliphatic heterocycles. The number of nitrogens with zero attached hydrogens (tertiary/aromatic N) is 1. The van der Waals surface area contributed by atoms with Gasteiger partial charge in [-0.1, -0.05) is 27.2 Å². The lowest BCUT2D eigenvalue weighted by Gasteiger charge is -2.47. The summed E-state index contributed by atoms with van der Waals surface area (Å²) in [5, 5.41) is 2.83. The van der Waals surface area contributed by atoms with E-state index < -0.39 is 5.54 Å². The molecule has 0 spiro atoms. The van der Waals surface area contributed by atoms with Crippen LogP contribution >= 0.6 is 0 Å². The Morgan fingerprint density at radius 3 is 2.28 bits per heavy atom. The molecule has 0 bridgehead atoms. The van der Waals surface area contributed by atoms with Gasteiger partial charge in [0.15, 0.2) is 0 Å². The van der Waals surface area contributed by atoms with Crippen LogP contribution in [0.1, 0.15) is 54.4 Å². The minimum absolute atomic E-state index is 0.0294. The van der Waals surface area contributed by atoms with Gasteiger partial charge in [0.2, 0.25) is 11.8 Å². The topological polar surface area (TPSA) is 49.4 Å². The lowest BCUT2D eigenvalue weighted by molar-refractivity contribution is -0.158. The highest BCUT2D eigenvalue weighted by molar-refractivity contribution is 5.99. The quantitative estimate of drug-likeness (QED) is 0.833. The van der Waals surface area contributed by atoms with Crippen molar-refractivity contribution in [3.05, 3.63) is 0 Å². The molecule has 0 radical (unpaired) electrons. The molecule has 1 fully saturated rings. The van der Waals surface area contributed by atoms with Gasteiger partial charge in [-0.25, -0.2) is 0 Å². The highest BCUT2D eigenvalue weighted by Gasteiger charge is 2.47. The fraction of sp³-hybridized carbons (Fsp3) is 0.857. The second-order valence-electron chi connectivity index (χ2n) is 6.15. The maximum absolute atomic E-state index is 12.5. The number of hydrogen-bond donors (Lipinski definition) is 1. The molecule has 0 aromatic rings. The molecule has 0 aromatic heterocycles. The van der Waals surface area contributed by atoms with Gasteiger partial charge in [0.25, 0.3) is 0 Å². The zero-order valence-corrected chi connectivity index (χ0v) is 12.4. The van der Waals surface area contributed by atoms with E-state index in [0.29, 0.717) is 0 Å². The van der Waals surface area contributed by atoms with Crippen LogP contribution in [0.5, 0.6) is 0 Å². The molecule has 1 aliphatic rings. The highest BCUT2D eigenvalue weighted by atomic mass is 16.2. The minimum Gasteiger partial charge on any atom is -0.340 e. The highest BCUT2D eigenvalue weighted by Crippen LogP contribution is 2.26. The van der Waals surface area contributed by atoms with Crippen molar-refractivity contribution in [2.45, 2.75) is 72.0 Å². The van der Waals surface area contributed by atoms with Crippen LogP contribution in [0, 0.1) is 5.92 Å². The van der Waals surface area contributed by atoms with Crippen molar-refractivity contribution in [3.63, 3.8) is 0 Å². The van der Waals surface area contributed by atoms with Gasteiger partial charge in [0.05, 0.1) is 0 Å². The maximum atomic E-state index is 12.5. The van der Waals surface area contributed by atoms with E-state index in [1.54, 1.807) is 18.7 Å². The van der Waals surface area contributed by atoms with E-state index in [9.17, 15) is 9.59 Å². The molecule has 0 saturated carbocycles. The van der Waals surface area contributed by atoms with Crippen molar-refractivity contribution in [1.82, 2.24) is 10.2 Å². The molecule has 0 aromatic carbocycles. The Morgan fingerprint density at radius 2 is 1.83 bits per heavy atom. The zero-order valence-electron chi connectivity index (χ0n) is 12.4. The van der Waals surface area contributed by atoms with Crippen LogP contribution in [0.3, 0.4) is 0 Å². The summed E-state index contributed by atoms with van der Waals surface area (Å²) in [7, 11) is 0. The summed E-state index contributed by atoms with van der Waals surface area (Å²) >= 11 is 0. The Morgan fingerprint density at radius 1 is 1.28 bits per heavy atom. The second-order valence-corrected chi connectivity index (χ2v) is 6.15. The van der Waals surface area contributed by atoms with Gasteiger partial charge in [-0.05, 0) is 33.1 Å². The number of piperazine rings is 1. The fourth-order valence-electron chi connectivity index (χ4n) is 2.67. The number of nitrogens with one attached hydrogen (secondary N) is 1. The Labute approximate surface area is 110 Å². The van der Waals surface area contributed by atoms with Gasteiger partial charge in [0, 0.05) is 6.04 Å². The van der Waals surface area contributed by atoms with Crippen molar-refractivity contribution < 1.29 is 9.59 Å². The van der Waals surface area contributed by atoms with Gasteiger partial charge in [-0.15, -0.1) is 0 Å². The molecule has 0 aliphatic carbocycles. The molecule has 2 amide bonds. The third-order valence-electron chi connectivity index (χ3n) is 3.59. The molecule has 4 heteroatoms. The van der Waals surface area contributed by atoms with E-state index in [4.69, 9.17) is 0 Å². The summed E-state index contributed by atoms with van der Waals surface area (Å²) in [4.78, 5) is 26.5. The Bertz CT molecular complexity index is 337. The monoisotopic (exact) mass is 254 g/mol. The largest absolute Gasteiger partial charge is 0.340 e. The molecule has 4 nitrogen and oxygen atoms in total. The minimum atomic E-state index is -0.787. The molecule has 1 N–H and O–H groups in total. The van der Waals surface area contributed by atoms with Gasteiger partial charge < -0.3 is 10.2 Å². The number of carbonyl (C=O) groups excluding carboxylic acids is 2. The third-order valence-corrected chi connectivity index (χ3v) is 3.59. The standard InChI is InChI=1S/C14H26N2O2/c1-7-8-10(4)16-11(9(2)3)12(17)15-14(5,6)13(16)18/h9-11H,7-8H2,1-6H3,(H,15,17). The number of hydrogen-bond acceptors (Lipinski definition) is 2. The van der Waals surface area contributed by atoms with E-state index in [-0.39, 0.29) is 29.8 Å². The first-order valence-corrected chi connectivity index (χ1v) is 6.87. The summed E-state index contributed by atoms with van der Waals surface area (Å²) in [6, 6.07) is -0.229. The van der Waals surface area contributed by atoms with Crippen LogP contribution < -0.4 is 5.32 Å². The number of carbonyl (C=O) groups is 2. The Kier molecular flexibility index (Phi) is 4.41. The van der Waals surface area contributed by atoms with Gasteiger partial charge in [0.1, 0.15) is 11.6 Å². The van der Waals surface area contributed by atoms with E-state index in [2.05, 4.69) is 12.2 Å². The molecule has 18 heavy (non-hydrogen) atoms. The van der Waals surface area contributed by atoms with Gasteiger partial charge >= 0.3 is 0 Å². The summed E-state index contributed by atoms with van der Waals surface area (Å²) in [6.45, 7) is 11.7. The molecule has 1 saturated heterocycles. The lowest BCUT2D eigenvalue weighted by Crippen LogP contribution is -2.70. The molecule has 1 rings (SSSR count). The Hall–Kier alpha value is -1.06. The first kappa shape index (κ1) is 15.0. The normalized spacial score (nSPS) is 25.3. The van der Waals surface area contributed by atoms with E-state index in [1.165, 1.54) is 0 Å². The predicted octanol–water partition coefficient (Wildman–Crippen LogP) is 1.94. The fourth-order valence-corrected chi connectivity index (χ4v) is 2.67. The molecule has 2 unspecified atom stereocenters. The van der Waals surface area contributed by atoms with E-state index in [0.717, 1.165) is 12.8 Å². The molecular formula is C14H26N2O2. The van der Waals surface area contributed by atoms with Crippen LogP contribution in [0.4, 0.5) is 0 Å². The lowest BCUT2D eigenvalue weighted by atomic mass is 9.89. The summed E-state index contributed by atoms with van der Waals surface area (Å²) in [6.07, 6.45) is 1.94. The summed E-state index contributed by atoms with van der Waals surface area (Å²) in [5.41, 5.74) is -0.787. The third kappa shape index (κ3) is 2.68. The summed E-state index contributed by atoms with van der Waals surface area (Å²) < 4.78 is 0. The summed E-state index contributed by atoms with van der Waals surface area (Å²) in [5.74, 6) is 0.128. The van der Waals surface area contributed by atoms with E-state index >= 15 is 0 Å². The van der Waals surface area contributed by atoms with Crippen LogP contribution in [-0.2, 0) is 9.59 Å². The second kappa shape index (κ2) is 5.29. The number of amides is 2. The van der Waals surface area contributed by atoms with Gasteiger partial charge in [-0.2, -0.15) is 0 Å². The first-order valence-electron chi connectivity index (χ1n) is 6.87. The van der Waals surface area contributed by atoms with Crippen molar-refractivity contribution >= 4 is 11.8 Å². The van der Waals surface area contributed by atoms with Crippen LogP contribution in [0.25, 0.3) is 0 Å². The average Bonchev–Trinajstić information content (AvgIpc) is 2.21. The molecular weight excluding hydrogens is 228 g/mol. The van der Waals surface area contributed by atoms with Crippen molar-refractivity contribution in [3.8, 4) is 0 Å². The van der Waals surface area contributed by atoms with Crippen LogP contribution in [0.2, 0.25) is 0 Å². The van der Waals surface area contributed by atoms with Gasteiger partial charge in [-0.3, -0.25) is 9.59 Å². The van der Waals surface area contributed by atoms with Crippen LogP contribution in [0.15, 0.2) is 0 Å². The SMILES string of the molecule is CCCC(C)N1C(=O)C(C)(C)NC(=O)C1C(C)C. The first-order chi connectivity index (χ1) is 8.22. The maximum Gasteiger partial charge on any atom is 0.248 e. The predicted molar refractivity (Wildman–Crippen MR) is 72.1 cm³/mol.